The highest BCUT2D eigenvalue weighted by molar-refractivity contribution is 7.80. The van der Waals surface area contributed by atoms with Gasteiger partial charge in [-0.05, 0) is 41.9 Å². The minimum absolute atomic E-state index is 0.0817. The van der Waals surface area contributed by atoms with Crippen LogP contribution in [0.15, 0.2) is 36.3 Å². The van der Waals surface area contributed by atoms with Crippen molar-refractivity contribution in [2.45, 2.75) is 20.4 Å². The Bertz CT molecular complexity index is 998. The molecule has 2 heterocycles. The molecule has 2 aromatic rings. The maximum absolute atomic E-state index is 12.6. The van der Waals surface area contributed by atoms with Crippen molar-refractivity contribution in [2.24, 2.45) is 5.92 Å². The molecule has 10 heteroatoms. The van der Waals surface area contributed by atoms with Gasteiger partial charge in [-0.15, -0.1) is 0 Å². The molecule has 1 aliphatic rings. The van der Waals surface area contributed by atoms with Gasteiger partial charge in [0.25, 0.3) is 5.91 Å². The average molecular weight is 415 g/mol. The van der Waals surface area contributed by atoms with Gasteiger partial charge in [0.1, 0.15) is 23.8 Å². The summed E-state index contributed by atoms with van der Waals surface area (Å²) in [6.45, 7) is 4.88. The van der Waals surface area contributed by atoms with Crippen molar-refractivity contribution < 1.29 is 14.5 Å². The fourth-order valence-electron chi connectivity index (χ4n) is 2.99. The van der Waals surface area contributed by atoms with Gasteiger partial charge in [0.05, 0.1) is 18.6 Å². The number of nitrogens with one attached hydrogen (secondary N) is 1. The smallest absolute Gasteiger partial charge is 0.307 e. The summed E-state index contributed by atoms with van der Waals surface area (Å²) in [5.41, 5.74) is 1.86. The van der Waals surface area contributed by atoms with Crippen molar-refractivity contribution in [1.29, 1.82) is 0 Å². The van der Waals surface area contributed by atoms with E-state index in [1.807, 2.05) is 26.0 Å². The van der Waals surface area contributed by atoms with Gasteiger partial charge < -0.3 is 10.1 Å². The number of rotatable bonds is 7. The monoisotopic (exact) mass is 415 g/mol. The first kappa shape index (κ1) is 20.5. The number of benzene rings is 1. The van der Waals surface area contributed by atoms with E-state index in [2.05, 4.69) is 10.4 Å². The van der Waals surface area contributed by atoms with Crippen LogP contribution in [-0.2, 0) is 11.3 Å². The molecule has 0 aliphatic carbocycles. The number of ether oxygens (including phenoxy) is 1. The van der Waals surface area contributed by atoms with Gasteiger partial charge in [-0.2, -0.15) is 5.10 Å². The van der Waals surface area contributed by atoms with Crippen LogP contribution in [0, 0.1) is 16.0 Å². The number of aromatic nitrogens is 2. The Labute approximate surface area is 173 Å². The van der Waals surface area contributed by atoms with Crippen molar-refractivity contribution in [1.82, 2.24) is 20.0 Å². The maximum atomic E-state index is 12.6. The third-order valence-corrected chi connectivity index (χ3v) is 4.61. The van der Waals surface area contributed by atoms with E-state index >= 15 is 0 Å². The first-order valence-corrected chi connectivity index (χ1v) is 9.37. The summed E-state index contributed by atoms with van der Waals surface area (Å²) >= 11 is 5.27. The molecule has 9 nitrogen and oxygen atoms in total. The number of hydrogen-bond donors (Lipinski definition) is 1. The van der Waals surface area contributed by atoms with Crippen LogP contribution in [0.5, 0.6) is 5.75 Å². The molecule has 0 spiro atoms. The summed E-state index contributed by atoms with van der Waals surface area (Å²) in [5.74, 6) is 0.750. The number of carbonyl (C=O) groups is 1. The minimum Gasteiger partial charge on any atom is -0.496 e. The van der Waals surface area contributed by atoms with Crippen molar-refractivity contribution >= 4 is 35.0 Å². The topological polar surface area (TPSA) is 103 Å². The molecule has 1 saturated heterocycles. The second-order valence-corrected chi connectivity index (χ2v) is 7.41. The van der Waals surface area contributed by atoms with E-state index in [9.17, 15) is 14.9 Å². The van der Waals surface area contributed by atoms with Crippen LogP contribution in [-0.4, -0.2) is 44.3 Å². The first-order chi connectivity index (χ1) is 13.8. The zero-order valence-corrected chi connectivity index (χ0v) is 17.1. The first-order valence-electron chi connectivity index (χ1n) is 8.96. The van der Waals surface area contributed by atoms with Gasteiger partial charge in [-0.3, -0.25) is 24.5 Å². The number of thiocarbonyl (C=S) groups is 1. The quantitative estimate of drug-likeness (QED) is 0.321. The number of amides is 1. The Balaban J connectivity index is 1.86. The molecule has 0 atom stereocenters. The third kappa shape index (κ3) is 4.60. The fraction of sp³-hybridized carbons (Fsp3) is 0.316. The Kier molecular flexibility index (Phi) is 5.92. The average Bonchev–Trinajstić information content (AvgIpc) is 3.22. The Morgan fingerprint density at radius 1 is 1.41 bits per heavy atom. The molecule has 1 aliphatic heterocycles. The molecular formula is C19H21N5O4S. The number of methoxy groups -OCH3 is 1. The van der Waals surface area contributed by atoms with Crippen molar-refractivity contribution in [3.63, 3.8) is 0 Å². The van der Waals surface area contributed by atoms with E-state index < -0.39 is 4.92 Å². The van der Waals surface area contributed by atoms with E-state index in [4.69, 9.17) is 17.0 Å². The van der Waals surface area contributed by atoms with Crippen molar-refractivity contribution in [2.75, 3.05) is 13.7 Å². The predicted octanol–water partition coefficient (Wildman–Crippen LogP) is 2.56. The van der Waals surface area contributed by atoms with Gasteiger partial charge in [0.15, 0.2) is 5.11 Å². The molecule has 1 fully saturated rings. The van der Waals surface area contributed by atoms with E-state index in [-0.39, 0.29) is 18.1 Å². The van der Waals surface area contributed by atoms with E-state index in [0.717, 1.165) is 11.1 Å². The molecule has 1 aromatic heterocycles. The number of hydrogen-bond acceptors (Lipinski definition) is 6. The minimum atomic E-state index is -0.495. The highest BCUT2D eigenvalue weighted by Gasteiger charge is 2.30. The zero-order chi connectivity index (χ0) is 21.1. The summed E-state index contributed by atoms with van der Waals surface area (Å²) in [6.07, 6.45) is 4.28. The second-order valence-electron chi connectivity index (χ2n) is 7.02. The Morgan fingerprint density at radius 3 is 2.79 bits per heavy atom. The number of nitro groups is 1. The summed E-state index contributed by atoms with van der Waals surface area (Å²) in [7, 11) is 1.55. The molecule has 0 bridgehead atoms. The van der Waals surface area contributed by atoms with Crippen molar-refractivity contribution in [3.05, 3.63) is 57.5 Å². The van der Waals surface area contributed by atoms with Crippen LogP contribution >= 0.6 is 12.2 Å². The van der Waals surface area contributed by atoms with Crippen LogP contribution in [0.25, 0.3) is 6.08 Å². The second kappa shape index (κ2) is 8.39. The number of nitrogens with zero attached hydrogens (tertiary/aromatic N) is 4. The van der Waals surface area contributed by atoms with Crippen LogP contribution in [0.2, 0.25) is 0 Å². The fourth-order valence-corrected chi connectivity index (χ4v) is 3.26. The molecule has 29 heavy (non-hydrogen) atoms. The Morgan fingerprint density at radius 2 is 2.17 bits per heavy atom. The van der Waals surface area contributed by atoms with Crippen LogP contribution < -0.4 is 10.1 Å². The van der Waals surface area contributed by atoms with Crippen LogP contribution in [0.1, 0.15) is 25.0 Å². The molecule has 1 aromatic carbocycles. The molecule has 0 radical (unpaired) electrons. The summed E-state index contributed by atoms with van der Waals surface area (Å²) in [4.78, 5) is 24.5. The van der Waals surface area contributed by atoms with E-state index in [1.54, 1.807) is 24.2 Å². The zero-order valence-electron chi connectivity index (χ0n) is 16.3. The lowest BCUT2D eigenvalue weighted by Crippen LogP contribution is -2.33. The molecule has 0 saturated carbocycles. The molecule has 152 valence electrons. The van der Waals surface area contributed by atoms with Crippen LogP contribution in [0.3, 0.4) is 0 Å². The largest absolute Gasteiger partial charge is 0.496 e. The molecular weight excluding hydrogens is 394 g/mol. The normalized spacial score (nSPS) is 15.3. The summed E-state index contributed by atoms with van der Waals surface area (Å²) in [5, 5.41) is 18.2. The maximum Gasteiger partial charge on any atom is 0.307 e. The predicted molar refractivity (Wildman–Crippen MR) is 111 cm³/mol. The standard InChI is InChI=1S/C19H21N5O4S/c1-12(2)9-23-18(25)16(21-19(23)29)7-13-4-5-17(28-3)14(6-13)10-22-11-15(8-20-22)24(26)27/h4-8,11-12H,9-10H2,1-3H3,(H,21,29)/b16-7+. The summed E-state index contributed by atoms with van der Waals surface area (Å²) in [6, 6.07) is 5.45. The Hall–Kier alpha value is -3.27. The van der Waals surface area contributed by atoms with Gasteiger partial charge in [0.2, 0.25) is 0 Å². The third-order valence-electron chi connectivity index (χ3n) is 4.29. The lowest BCUT2D eigenvalue weighted by Gasteiger charge is -2.16. The lowest BCUT2D eigenvalue weighted by atomic mass is 10.1. The summed E-state index contributed by atoms with van der Waals surface area (Å²) < 4.78 is 6.85. The van der Waals surface area contributed by atoms with E-state index in [1.165, 1.54) is 17.1 Å². The van der Waals surface area contributed by atoms with Gasteiger partial charge in [0, 0.05) is 12.1 Å². The molecule has 3 rings (SSSR count). The van der Waals surface area contributed by atoms with E-state index in [0.29, 0.717) is 29.0 Å². The van der Waals surface area contributed by atoms with Crippen molar-refractivity contribution in [3.8, 4) is 5.75 Å². The molecule has 0 unspecified atom stereocenters. The SMILES string of the molecule is COc1ccc(/C=C2/NC(=S)N(CC(C)C)C2=O)cc1Cn1cc([N+](=O)[O-])cn1. The van der Waals surface area contributed by atoms with Gasteiger partial charge in [-0.1, -0.05) is 19.9 Å². The highest BCUT2D eigenvalue weighted by Crippen LogP contribution is 2.24. The lowest BCUT2D eigenvalue weighted by molar-refractivity contribution is -0.385. The highest BCUT2D eigenvalue weighted by atomic mass is 32.1. The van der Waals surface area contributed by atoms with Gasteiger partial charge >= 0.3 is 5.69 Å². The van der Waals surface area contributed by atoms with Crippen LogP contribution in [0.4, 0.5) is 5.69 Å². The molecule has 1 amide bonds. The molecule has 1 N–H and O–H groups in total. The van der Waals surface area contributed by atoms with Gasteiger partial charge in [-0.25, -0.2) is 0 Å². The number of carbonyl (C=O) groups excluding carboxylic acids is 1.